The zero-order valence-corrected chi connectivity index (χ0v) is 11.7. The average Bonchev–Trinajstić information content (AvgIpc) is 2.52. The number of pyridine rings is 1. The van der Waals surface area contributed by atoms with Crippen molar-refractivity contribution in [2.45, 2.75) is 19.9 Å². The van der Waals surface area contributed by atoms with E-state index in [1.165, 1.54) is 0 Å². The maximum Gasteiger partial charge on any atom is 0.213 e. The van der Waals surface area contributed by atoms with Crippen LogP contribution >= 0.6 is 0 Å². The highest BCUT2D eigenvalue weighted by Crippen LogP contribution is 2.13. The SMILES string of the molecule is CCc1cc(CN)cc(OCCOc2ccccc2)n1. The lowest BCUT2D eigenvalue weighted by Gasteiger charge is -2.10. The number of nitrogens with two attached hydrogens (primary N) is 1. The van der Waals surface area contributed by atoms with Gasteiger partial charge >= 0.3 is 0 Å². The minimum Gasteiger partial charge on any atom is -0.490 e. The summed E-state index contributed by atoms with van der Waals surface area (Å²) in [4.78, 5) is 4.41. The van der Waals surface area contributed by atoms with Crippen molar-refractivity contribution >= 4 is 0 Å². The third-order valence-corrected chi connectivity index (χ3v) is 2.86. The van der Waals surface area contributed by atoms with Crippen molar-refractivity contribution in [2.75, 3.05) is 13.2 Å². The Hall–Kier alpha value is -2.07. The van der Waals surface area contributed by atoms with Crippen LogP contribution in [0.5, 0.6) is 11.6 Å². The van der Waals surface area contributed by atoms with Gasteiger partial charge in [0.15, 0.2) is 0 Å². The molecule has 0 radical (unpaired) electrons. The van der Waals surface area contributed by atoms with Crippen molar-refractivity contribution in [3.63, 3.8) is 0 Å². The molecule has 0 aliphatic rings. The molecule has 2 N–H and O–H groups in total. The van der Waals surface area contributed by atoms with Gasteiger partial charge in [0.25, 0.3) is 0 Å². The number of aromatic nitrogens is 1. The molecule has 0 saturated carbocycles. The molecule has 1 aromatic heterocycles. The number of ether oxygens (including phenoxy) is 2. The average molecular weight is 272 g/mol. The quantitative estimate of drug-likeness (QED) is 0.787. The standard InChI is InChI=1S/C16H20N2O2/c1-2-14-10-13(12-17)11-16(18-14)20-9-8-19-15-6-4-3-5-7-15/h3-7,10-11H,2,8-9,12,17H2,1H3. The number of benzene rings is 1. The topological polar surface area (TPSA) is 57.4 Å². The van der Waals surface area contributed by atoms with E-state index in [-0.39, 0.29) is 0 Å². The molecule has 0 aliphatic carbocycles. The highest BCUT2D eigenvalue weighted by molar-refractivity contribution is 5.25. The molecule has 4 heteroatoms. The van der Waals surface area contributed by atoms with Gasteiger partial charge < -0.3 is 15.2 Å². The van der Waals surface area contributed by atoms with Crippen molar-refractivity contribution in [2.24, 2.45) is 5.73 Å². The molecule has 0 saturated heterocycles. The van der Waals surface area contributed by atoms with Crippen molar-refractivity contribution in [3.8, 4) is 11.6 Å². The molecule has 106 valence electrons. The minimum atomic E-state index is 0.457. The highest BCUT2D eigenvalue weighted by Gasteiger charge is 2.02. The number of nitrogens with zero attached hydrogens (tertiary/aromatic N) is 1. The largest absolute Gasteiger partial charge is 0.490 e. The Kier molecular flexibility index (Phi) is 5.38. The van der Waals surface area contributed by atoms with Gasteiger partial charge in [0.05, 0.1) is 0 Å². The van der Waals surface area contributed by atoms with Gasteiger partial charge in [-0.15, -0.1) is 0 Å². The summed E-state index contributed by atoms with van der Waals surface area (Å²) in [6.07, 6.45) is 0.866. The van der Waals surface area contributed by atoms with Crippen molar-refractivity contribution in [3.05, 3.63) is 53.7 Å². The maximum absolute atomic E-state index is 5.67. The van der Waals surface area contributed by atoms with E-state index in [4.69, 9.17) is 15.2 Å². The van der Waals surface area contributed by atoms with Gasteiger partial charge in [-0.05, 0) is 30.2 Å². The fraction of sp³-hybridized carbons (Fsp3) is 0.312. The van der Waals surface area contributed by atoms with Crippen LogP contribution in [0.4, 0.5) is 0 Å². The first-order chi connectivity index (χ1) is 9.81. The van der Waals surface area contributed by atoms with Gasteiger partial charge in [-0.3, -0.25) is 0 Å². The molecule has 2 rings (SSSR count). The van der Waals surface area contributed by atoms with Crippen LogP contribution in [0.2, 0.25) is 0 Å². The van der Waals surface area contributed by atoms with Crippen molar-refractivity contribution < 1.29 is 9.47 Å². The molecule has 1 heterocycles. The first-order valence-electron chi connectivity index (χ1n) is 6.82. The predicted molar refractivity (Wildman–Crippen MR) is 78.9 cm³/mol. The Morgan fingerprint density at radius 3 is 2.50 bits per heavy atom. The lowest BCUT2D eigenvalue weighted by Crippen LogP contribution is -2.10. The summed E-state index contributed by atoms with van der Waals surface area (Å²) in [6, 6.07) is 13.6. The lowest BCUT2D eigenvalue weighted by atomic mass is 10.2. The van der Waals surface area contributed by atoms with Crippen molar-refractivity contribution in [1.82, 2.24) is 4.98 Å². The second-order valence-corrected chi connectivity index (χ2v) is 4.37. The van der Waals surface area contributed by atoms with Gasteiger partial charge in [0.1, 0.15) is 19.0 Å². The van der Waals surface area contributed by atoms with Crippen LogP contribution in [0, 0.1) is 0 Å². The summed E-state index contributed by atoms with van der Waals surface area (Å²) in [6.45, 7) is 3.50. The Morgan fingerprint density at radius 2 is 1.80 bits per heavy atom. The normalized spacial score (nSPS) is 10.3. The molecule has 0 atom stereocenters. The number of aryl methyl sites for hydroxylation is 1. The van der Waals surface area contributed by atoms with Gasteiger partial charge in [-0.1, -0.05) is 25.1 Å². The van der Waals surface area contributed by atoms with E-state index in [0.29, 0.717) is 25.6 Å². The zero-order valence-electron chi connectivity index (χ0n) is 11.7. The number of hydrogen-bond donors (Lipinski definition) is 1. The lowest BCUT2D eigenvalue weighted by molar-refractivity contribution is 0.211. The van der Waals surface area contributed by atoms with Crippen LogP contribution in [-0.2, 0) is 13.0 Å². The second kappa shape index (κ2) is 7.50. The summed E-state index contributed by atoms with van der Waals surface area (Å²) < 4.78 is 11.2. The van der Waals surface area contributed by atoms with Gasteiger partial charge in [-0.25, -0.2) is 4.98 Å². The zero-order chi connectivity index (χ0) is 14.2. The van der Waals surface area contributed by atoms with E-state index in [1.54, 1.807) is 0 Å². The third kappa shape index (κ3) is 4.24. The predicted octanol–water partition coefficient (Wildman–Crippen LogP) is 2.56. The minimum absolute atomic E-state index is 0.457. The van der Waals surface area contributed by atoms with Crippen LogP contribution in [0.1, 0.15) is 18.2 Å². The highest BCUT2D eigenvalue weighted by atomic mass is 16.5. The molecule has 0 bridgehead atoms. The Balaban J connectivity index is 1.84. The van der Waals surface area contributed by atoms with Crippen LogP contribution in [0.3, 0.4) is 0 Å². The third-order valence-electron chi connectivity index (χ3n) is 2.86. The Bertz CT molecular complexity index is 507. The summed E-state index contributed by atoms with van der Waals surface area (Å²) >= 11 is 0. The Morgan fingerprint density at radius 1 is 1.05 bits per heavy atom. The first-order valence-corrected chi connectivity index (χ1v) is 6.82. The Labute approximate surface area is 119 Å². The van der Waals surface area contributed by atoms with E-state index in [1.807, 2.05) is 42.5 Å². The van der Waals surface area contributed by atoms with Crippen LogP contribution in [0.15, 0.2) is 42.5 Å². The van der Waals surface area contributed by atoms with Gasteiger partial charge in [0, 0.05) is 18.3 Å². The van der Waals surface area contributed by atoms with E-state index < -0.39 is 0 Å². The summed E-state index contributed by atoms with van der Waals surface area (Å²) in [7, 11) is 0. The monoisotopic (exact) mass is 272 g/mol. The van der Waals surface area contributed by atoms with E-state index >= 15 is 0 Å². The molecule has 0 aliphatic heterocycles. The van der Waals surface area contributed by atoms with Crippen LogP contribution in [0.25, 0.3) is 0 Å². The van der Waals surface area contributed by atoms with Gasteiger partial charge in [-0.2, -0.15) is 0 Å². The fourth-order valence-corrected chi connectivity index (χ4v) is 1.82. The van der Waals surface area contributed by atoms with Crippen molar-refractivity contribution in [1.29, 1.82) is 0 Å². The van der Waals surface area contributed by atoms with Crippen LogP contribution < -0.4 is 15.2 Å². The smallest absolute Gasteiger partial charge is 0.213 e. The molecule has 1 aromatic carbocycles. The number of para-hydroxylation sites is 1. The molecule has 0 unspecified atom stereocenters. The molecular weight excluding hydrogens is 252 g/mol. The van der Waals surface area contributed by atoms with Crippen LogP contribution in [-0.4, -0.2) is 18.2 Å². The molecule has 4 nitrogen and oxygen atoms in total. The maximum atomic E-state index is 5.67. The number of hydrogen-bond acceptors (Lipinski definition) is 4. The molecule has 2 aromatic rings. The second-order valence-electron chi connectivity index (χ2n) is 4.37. The van der Waals surface area contributed by atoms with E-state index in [2.05, 4.69) is 11.9 Å². The summed E-state index contributed by atoms with van der Waals surface area (Å²) in [5.41, 5.74) is 7.70. The molecule has 20 heavy (non-hydrogen) atoms. The number of rotatable bonds is 7. The summed E-state index contributed by atoms with van der Waals surface area (Å²) in [5.74, 6) is 1.45. The summed E-state index contributed by atoms with van der Waals surface area (Å²) in [5, 5.41) is 0. The molecule has 0 fully saturated rings. The molecular formula is C16H20N2O2. The fourth-order valence-electron chi connectivity index (χ4n) is 1.82. The van der Waals surface area contributed by atoms with E-state index in [9.17, 15) is 0 Å². The van der Waals surface area contributed by atoms with Gasteiger partial charge in [0.2, 0.25) is 5.88 Å². The molecule has 0 amide bonds. The first kappa shape index (κ1) is 14.3. The molecule has 0 spiro atoms. The van der Waals surface area contributed by atoms with E-state index in [0.717, 1.165) is 23.4 Å².